The van der Waals surface area contributed by atoms with E-state index in [4.69, 9.17) is 0 Å². The first-order chi connectivity index (χ1) is 11.0. The number of hydrogen-bond acceptors (Lipinski definition) is 1. The van der Waals surface area contributed by atoms with Crippen molar-refractivity contribution in [3.05, 3.63) is 107 Å². The van der Waals surface area contributed by atoms with Gasteiger partial charge in [-0.2, -0.15) is 0 Å². The Morgan fingerprint density at radius 2 is 1.13 bits per heavy atom. The van der Waals surface area contributed by atoms with E-state index < -0.39 is 17.2 Å². The fourth-order valence-electron chi connectivity index (χ4n) is 2.80. The average molecular weight is 310 g/mol. The smallest absolute Gasteiger partial charge is 0.140 e. The lowest BCUT2D eigenvalue weighted by Gasteiger charge is -2.30. The van der Waals surface area contributed by atoms with Crippen molar-refractivity contribution < 1.29 is 13.9 Å². The zero-order valence-corrected chi connectivity index (χ0v) is 12.6. The predicted octanol–water partition coefficient (Wildman–Crippen LogP) is 4.56. The first-order valence-corrected chi connectivity index (χ1v) is 7.32. The molecular weight excluding hydrogens is 294 g/mol. The van der Waals surface area contributed by atoms with Gasteiger partial charge in [-0.25, -0.2) is 8.78 Å². The molecule has 116 valence electrons. The third-order valence-corrected chi connectivity index (χ3v) is 3.92. The summed E-state index contributed by atoms with van der Waals surface area (Å²) in [6.45, 7) is 1.90. The summed E-state index contributed by atoms with van der Waals surface area (Å²) in [5.74, 6) is -0.907. The summed E-state index contributed by atoms with van der Waals surface area (Å²) in [7, 11) is 0. The number of benzene rings is 3. The van der Waals surface area contributed by atoms with Gasteiger partial charge in [-0.15, -0.1) is 0 Å². The van der Waals surface area contributed by atoms with Gasteiger partial charge in [0.25, 0.3) is 0 Å². The molecule has 0 spiro atoms. The Kier molecular flexibility index (Phi) is 3.97. The number of aryl methyl sites for hydroxylation is 1. The topological polar surface area (TPSA) is 20.2 Å². The van der Waals surface area contributed by atoms with Crippen LogP contribution >= 0.6 is 0 Å². The molecule has 23 heavy (non-hydrogen) atoms. The van der Waals surface area contributed by atoms with E-state index in [-0.39, 0.29) is 0 Å². The molecule has 0 unspecified atom stereocenters. The van der Waals surface area contributed by atoms with Gasteiger partial charge in [-0.05, 0) is 47.9 Å². The Labute approximate surface area is 133 Å². The maximum Gasteiger partial charge on any atom is 0.140 e. The van der Waals surface area contributed by atoms with Gasteiger partial charge in [-0.3, -0.25) is 0 Å². The molecular formula is C20H16F2O. The summed E-state index contributed by atoms with van der Waals surface area (Å²) in [4.78, 5) is 0. The Morgan fingerprint density at radius 3 is 1.57 bits per heavy atom. The average Bonchev–Trinajstić information content (AvgIpc) is 2.54. The van der Waals surface area contributed by atoms with Gasteiger partial charge in [0.1, 0.15) is 17.2 Å². The maximum absolute atomic E-state index is 13.7. The summed E-state index contributed by atoms with van der Waals surface area (Å²) >= 11 is 0. The maximum atomic E-state index is 13.7. The number of aliphatic hydroxyl groups is 1. The van der Waals surface area contributed by atoms with Crippen LogP contribution in [0.3, 0.4) is 0 Å². The number of halogens is 2. The van der Waals surface area contributed by atoms with Crippen molar-refractivity contribution in [2.24, 2.45) is 0 Å². The van der Waals surface area contributed by atoms with Crippen LogP contribution in [-0.2, 0) is 5.60 Å². The van der Waals surface area contributed by atoms with Crippen molar-refractivity contribution in [1.29, 1.82) is 0 Å². The Hall–Kier alpha value is -2.52. The van der Waals surface area contributed by atoms with Crippen LogP contribution in [0.15, 0.2) is 72.8 Å². The minimum absolute atomic E-state index is 0.355. The lowest BCUT2D eigenvalue weighted by atomic mass is 9.80. The van der Waals surface area contributed by atoms with Gasteiger partial charge in [0.15, 0.2) is 0 Å². The van der Waals surface area contributed by atoms with Gasteiger partial charge in [-0.1, -0.05) is 54.1 Å². The third kappa shape index (κ3) is 2.88. The predicted molar refractivity (Wildman–Crippen MR) is 86.1 cm³/mol. The van der Waals surface area contributed by atoms with Crippen LogP contribution in [0.4, 0.5) is 8.78 Å². The minimum Gasteiger partial charge on any atom is -0.376 e. The highest BCUT2D eigenvalue weighted by atomic mass is 19.1. The monoisotopic (exact) mass is 310 g/mol. The summed E-state index contributed by atoms with van der Waals surface area (Å²) in [6, 6.07) is 18.8. The zero-order chi connectivity index (χ0) is 16.4. The van der Waals surface area contributed by atoms with Crippen LogP contribution in [0.25, 0.3) is 0 Å². The third-order valence-electron chi connectivity index (χ3n) is 3.92. The second kappa shape index (κ2) is 5.94. The van der Waals surface area contributed by atoms with Crippen LogP contribution in [0.2, 0.25) is 0 Å². The quantitative estimate of drug-likeness (QED) is 0.703. The normalized spacial score (nSPS) is 11.5. The minimum atomic E-state index is -1.63. The molecule has 3 rings (SSSR count). The first-order valence-electron chi connectivity index (χ1n) is 7.32. The van der Waals surface area contributed by atoms with Crippen LogP contribution in [0, 0.1) is 18.6 Å². The fourth-order valence-corrected chi connectivity index (χ4v) is 2.80. The zero-order valence-electron chi connectivity index (χ0n) is 12.6. The highest BCUT2D eigenvalue weighted by Gasteiger charge is 2.34. The SMILES string of the molecule is Cc1cccc(C(O)(c2cccc(F)c2)c2cccc(F)c2)c1. The molecule has 0 atom stereocenters. The van der Waals surface area contributed by atoms with Crippen LogP contribution in [0.5, 0.6) is 0 Å². The molecule has 0 aliphatic rings. The first kappa shape index (κ1) is 15.4. The Balaban J connectivity index is 2.29. The summed E-state index contributed by atoms with van der Waals surface area (Å²) < 4.78 is 27.4. The molecule has 0 aliphatic carbocycles. The van der Waals surface area contributed by atoms with E-state index in [1.807, 2.05) is 25.1 Å². The number of rotatable bonds is 3. The molecule has 0 saturated heterocycles. The van der Waals surface area contributed by atoms with E-state index in [0.717, 1.165) is 5.56 Å². The van der Waals surface area contributed by atoms with Gasteiger partial charge >= 0.3 is 0 Å². The van der Waals surface area contributed by atoms with E-state index >= 15 is 0 Å². The molecule has 3 aromatic rings. The second-order valence-electron chi connectivity index (χ2n) is 5.60. The highest BCUT2D eigenvalue weighted by molar-refractivity contribution is 5.47. The largest absolute Gasteiger partial charge is 0.376 e. The summed E-state index contributed by atoms with van der Waals surface area (Å²) in [6.07, 6.45) is 0. The fraction of sp³-hybridized carbons (Fsp3) is 0.100. The van der Waals surface area contributed by atoms with Crippen LogP contribution in [0.1, 0.15) is 22.3 Å². The van der Waals surface area contributed by atoms with Crippen molar-refractivity contribution in [3.8, 4) is 0 Å². The summed E-state index contributed by atoms with van der Waals surface area (Å²) in [5.41, 5.74) is 0.598. The molecule has 0 fully saturated rings. The van der Waals surface area contributed by atoms with Crippen LogP contribution < -0.4 is 0 Å². The van der Waals surface area contributed by atoms with Crippen molar-refractivity contribution in [2.75, 3.05) is 0 Å². The van der Waals surface area contributed by atoms with Crippen molar-refractivity contribution in [3.63, 3.8) is 0 Å². The molecule has 1 N–H and O–H groups in total. The molecule has 0 bridgehead atoms. The van der Waals surface area contributed by atoms with Gasteiger partial charge in [0, 0.05) is 0 Å². The molecule has 3 aromatic carbocycles. The van der Waals surface area contributed by atoms with Crippen molar-refractivity contribution in [2.45, 2.75) is 12.5 Å². The Bertz CT molecular complexity index is 731. The molecule has 0 aliphatic heterocycles. The molecule has 1 nitrogen and oxygen atoms in total. The van der Waals surface area contributed by atoms with E-state index in [9.17, 15) is 13.9 Å². The van der Waals surface area contributed by atoms with Crippen LogP contribution in [-0.4, -0.2) is 5.11 Å². The molecule has 0 amide bonds. The lowest BCUT2D eigenvalue weighted by Crippen LogP contribution is -2.29. The molecule has 0 radical (unpaired) electrons. The van der Waals surface area contributed by atoms with E-state index in [1.54, 1.807) is 18.2 Å². The molecule has 0 heterocycles. The molecule has 0 saturated carbocycles. The number of hydrogen-bond donors (Lipinski definition) is 1. The standard InChI is InChI=1S/C20H16F2O/c1-14-5-2-6-15(11-14)20(23,16-7-3-9-18(21)12-16)17-8-4-10-19(22)13-17/h2-13,23H,1H3. The summed E-state index contributed by atoms with van der Waals surface area (Å²) in [5, 5.41) is 11.5. The Morgan fingerprint density at radius 1 is 0.696 bits per heavy atom. The van der Waals surface area contributed by atoms with E-state index in [2.05, 4.69) is 0 Å². The van der Waals surface area contributed by atoms with Crippen molar-refractivity contribution in [1.82, 2.24) is 0 Å². The van der Waals surface area contributed by atoms with Gasteiger partial charge in [0.2, 0.25) is 0 Å². The van der Waals surface area contributed by atoms with Crippen molar-refractivity contribution >= 4 is 0 Å². The van der Waals surface area contributed by atoms with E-state index in [1.165, 1.54) is 36.4 Å². The second-order valence-corrected chi connectivity index (χ2v) is 5.60. The van der Waals surface area contributed by atoms with E-state index in [0.29, 0.717) is 16.7 Å². The van der Waals surface area contributed by atoms with Gasteiger partial charge < -0.3 is 5.11 Å². The molecule has 0 aromatic heterocycles. The molecule has 3 heteroatoms. The van der Waals surface area contributed by atoms with Gasteiger partial charge in [0.05, 0.1) is 0 Å². The highest BCUT2D eigenvalue weighted by Crippen LogP contribution is 2.37. The lowest BCUT2D eigenvalue weighted by molar-refractivity contribution is 0.125.